The number of likely N-dealkylation sites (N-methyl/N-ethyl adjacent to an activating group) is 1. The van der Waals surface area contributed by atoms with Gasteiger partial charge in [-0.15, -0.1) is 0 Å². The maximum atomic E-state index is 13.0. The highest BCUT2D eigenvalue weighted by molar-refractivity contribution is 5.95. The van der Waals surface area contributed by atoms with Crippen molar-refractivity contribution in [2.45, 2.75) is 25.3 Å². The van der Waals surface area contributed by atoms with Crippen molar-refractivity contribution in [2.75, 3.05) is 26.7 Å². The number of rotatable bonds is 6. The first-order valence-electron chi connectivity index (χ1n) is 10.6. The standard InChI is InChI=1S/C24H26N6O/c1-28(12-9-19-5-3-2-4-6-19)22-10-13-29(14-11-22)24(31)20-7-8-23(21(15-20)16-25)30-18-26-17-27-30/h2-8,15,17-18,22H,9-14H2,1H3. The third kappa shape index (κ3) is 4.81. The Kier molecular flexibility index (Phi) is 6.39. The molecule has 0 aliphatic carbocycles. The molecule has 1 aliphatic rings. The number of nitrogens with zero attached hydrogens (tertiary/aromatic N) is 6. The molecule has 0 unspecified atom stereocenters. The molecule has 0 N–H and O–H groups in total. The van der Waals surface area contributed by atoms with Crippen LogP contribution in [0.4, 0.5) is 0 Å². The zero-order chi connectivity index (χ0) is 21.6. The summed E-state index contributed by atoms with van der Waals surface area (Å²) in [6.07, 6.45) is 5.90. The van der Waals surface area contributed by atoms with Gasteiger partial charge in [0.2, 0.25) is 0 Å². The fourth-order valence-corrected chi connectivity index (χ4v) is 4.12. The molecule has 31 heavy (non-hydrogen) atoms. The monoisotopic (exact) mass is 414 g/mol. The summed E-state index contributed by atoms with van der Waals surface area (Å²) in [4.78, 5) is 21.2. The normalized spacial score (nSPS) is 14.5. The third-order valence-electron chi connectivity index (χ3n) is 6.00. The van der Waals surface area contributed by atoms with Crippen LogP contribution < -0.4 is 0 Å². The second kappa shape index (κ2) is 9.54. The Labute approximate surface area is 182 Å². The summed E-state index contributed by atoms with van der Waals surface area (Å²) in [5.74, 6) is -0.0213. The van der Waals surface area contributed by atoms with Crippen LogP contribution in [0.15, 0.2) is 61.2 Å². The summed E-state index contributed by atoms with van der Waals surface area (Å²) in [7, 11) is 2.17. The van der Waals surface area contributed by atoms with Gasteiger partial charge in [0.1, 0.15) is 18.7 Å². The van der Waals surface area contributed by atoms with Crippen LogP contribution in [0.2, 0.25) is 0 Å². The highest BCUT2D eigenvalue weighted by atomic mass is 16.2. The Bertz CT molecular complexity index is 1050. The third-order valence-corrected chi connectivity index (χ3v) is 6.00. The molecule has 4 rings (SSSR count). The lowest BCUT2D eigenvalue weighted by Gasteiger charge is -2.37. The van der Waals surface area contributed by atoms with E-state index < -0.39 is 0 Å². The molecule has 0 atom stereocenters. The lowest BCUT2D eigenvalue weighted by molar-refractivity contribution is 0.0647. The van der Waals surface area contributed by atoms with Gasteiger partial charge in [0.15, 0.2) is 0 Å². The van der Waals surface area contributed by atoms with Gasteiger partial charge in [-0.2, -0.15) is 10.4 Å². The molecule has 0 bridgehead atoms. The van der Waals surface area contributed by atoms with Crippen molar-refractivity contribution in [3.8, 4) is 11.8 Å². The molecular weight excluding hydrogens is 388 g/mol. The molecule has 1 aliphatic heterocycles. The topological polar surface area (TPSA) is 78.1 Å². The second-order valence-corrected chi connectivity index (χ2v) is 7.92. The van der Waals surface area contributed by atoms with E-state index in [1.54, 1.807) is 18.2 Å². The average molecular weight is 415 g/mol. The molecule has 7 heteroatoms. The van der Waals surface area contributed by atoms with Crippen molar-refractivity contribution in [1.29, 1.82) is 5.26 Å². The Balaban J connectivity index is 1.34. The van der Waals surface area contributed by atoms with Crippen molar-refractivity contribution in [2.24, 2.45) is 0 Å². The van der Waals surface area contributed by atoms with Crippen molar-refractivity contribution >= 4 is 5.91 Å². The van der Waals surface area contributed by atoms with E-state index in [-0.39, 0.29) is 5.91 Å². The maximum absolute atomic E-state index is 13.0. The molecule has 0 saturated carbocycles. The number of benzene rings is 2. The zero-order valence-corrected chi connectivity index (χ0v) is 17.7. The smallest absolute Gasteiger partial charge is 0.253 e. The molecule has 1 fully saturated rings. The Morgan fingerprint density at radius 2 is 1.97 bits per heavy atom. The Morgan fingerprint density at radius 1 is 1.19 bits per heavy atom. The Morgan fingerprint density at radius 3 is 2.65 bits per heavy atom. The predicted molar refractivity (Wildman–Crippen MR) is 118 cm³/mol. The highest BCUT2D eigenvalue weighted by Crippen LogP contribution is 2.20. The first-order valence-corrected chi connectivity index (χ1v) is 10.6. The van der Waals surface area contributed by atoms with Gasteiger partial charge in [-0.1, -0.05) is 30.3 Å². The van der Waals surface area contributed by atoms with Gasteiger partial charge in [0.25, 0.3) is 5.91 Å². The quantitative estimate of drug-likeness (QED) is 0.620. The van der Waals surface area contributed by atoms with Crippen molar-refractivity contribution < 1.29 is 4.79 Å². The van der Waals surface area contributed by atoms with E-state index in [1.807, 2.05) is 11.0 Å². The van der Waals surface area contributed by atoms with Crippen LogP contribution in [-0.4, -0.2) is 63.2 Å². The van der Waals surface area contributed by atoms with Gasteiger partial charge in [0, 0.05) is 31.2 Å². The van der Waals surface area contributed by atoms with Gasteiger partial charge in [0.05, 0.1) is 11.3 Å². The summed E-state index contributed by atoms with van der Waals surface area (Å²) in [6, 6.07) is 18.3. The summed E-state index contributed by atoms with van der Waals surface area (Å²) >= 11 is 0. The van der Waals surface area contributed by atoms with E-state index in [1.165, 1.54) is 22.9 Å². The highest BCUT2D eigenvalue weighted by Gasteiger charge is 2.26. The predicted octanol–water partition coefficient (Wildman–Crippen LogP) is 2.92. The molecule has 0 radical (unpaired) electrons. The van der Waals surface area contributed by atoms with Gasteiger partial charge in [-0.3, -0.25) is 4.79 Å². The SMILES string of the molecule is CN(CCc1ccccc1)C1CCN(C(=O)c2ccc(-n3cncn3)c(C#N)c2)CC1. The second-order valence-electron chi connectivity index (χ2n) is 7.92. The van der Waals surface area contributed by atoms with E-state index in [0.717, 1.165) is 38.9 Å². The first-order chi connectivity index (χ1) is 15.2. The van der Waals surface area contributed by atoms with Crippen LogP contribution in [0.3, 0.4) is 0 Å². The van der Waals surface area contributed by atoms with Crippen LogP contribution in [0.25, 0.3) is 5.69 Å². The average Bonchev–Trinajstić information content (AvgIpc) is 3.37. The number of nitriles is 1. The summed E-state index contributed by atoms with van der Waals surface area (Å²) in [6.45, 7) is 2.47. The molecule has 3 aromatic rings. The molecule has 1 amide bonds. The minimum absolute atomic E-state index is 0.0213. The summed E-state index contributed by atoms with van der Waals surface area (Å²) in [5, 5.41) is 13.6. The van der Waals surface area contributed by atoms with E-state index >= 15 is 0 Å². The number of carbonyl (C=O) groups excluding carboxylic acids is 1. The number of piperidine rings is 1. The molecule has 0 spiro atoms. The molecule has 2 heterocycles. The van der Waals surface area contributed by atoms with Gasteiger partial charge in [-0.05, 0) is 50.1 Å². The van der Waals surface area contributed by atoms with Crippen LogP contribution in [-0.2, 0) is 6.42 Å². The molecule has 1 aromatic heterocycles. The van der Waals surface area contributed by atoms with Gasteiger partial charge >= 0.3 is 0 Å². The number of likely N-dealkylation sites (tertiary alicyclic amines) is 1. The van der Waals surface area contributed by atoms with Crippen molar-refractivity contribution in [3.63, 3.8) is 0 Å². The van der Waals surface area contributed by atoms with E-state index in [9.17, 15) is 10.1 Å². The van der Waals surface area contributed by atoms with E-state index in [4.69, 9.17) is 0 Å². The minimum Gasteiger partial charge on any atom is -0.339 e. The molecule has 7 nitrogen and oxygen atoms in total. The van der Waals surface area contributed by atoms with Gasteiger partial charge in [-0.25, -0.2) is 9.67 Å². The zero-order valence-electron chi connectivity index (χ0n) is 17.7. The number of amides is 1. The van der Waals surface area contributed by atoms with Crippen LogP contribution in [0.5, 0.6) is 0 Å². The Hall–Kier alpha value is -3.50. The molecular formula is C24H26N6O. The summed E-state index contributed by atoms with van der Waals surface area (Å²) < 4.78 is 1.53. The number of hydrogen-bond acceptors (Lipinski definition) is 5. The summed E-state index contributed by atoms with van der Waals surface area (Å²) in [5.41, 5.74) is 2.92. The van der Waals surface area contributed by atoms with E-state index in [2.05, 4.69) is 52.4 Å². The van der Waals surface area contributed by atoms with Gasteiger partial charge < -0.3 is 9.80 Å². The minimum atomic E-state index is -0.0213. The molecule has 1 saturated heterocycles. The van der Waals surface area contributed by atoms with Crippen molar-refractivity contribution in [3.05, 3.63) is 77.9 Å². The molecule has 158 valence electrons. The van der Waals surface area contributed by atoms with Crippen LogP contribution in [0.1, 0.15) is 34.3 Å². The largest absolute Gasteiger partial charge is 0.339 e. The fourth-order valence-electron chi connectivity index (χ4n) is 4.12. The first kappa shape index (κ1) is 20.8. The molecule has 2 aromatic carbocycles. The van der Waals surface area contributed by atoms with E-state index in [0.29, 0.717) is 22.9 Å². The number of carbonyl (C=O) groups is 1. The maximum Gasteiger partial charge on any atom is 0.253 e. The van der Waals surface area contributed by atoms with Crippen LogP contribution >= 0.6 is 0 Å². The number of hydrogen-bond donors (Lipinski definition) is 0. The van der Waals surface area contributed by atoms with Crippen LogP contribution in [0, 0.1) is 11.3 Å². The lowest BCUT2D eigenvalue weighted by Crippen LogP contribution is -2.46. The van der Waals surface area contributed by atoms with Crippen molar-refractivity contribution in [1.82, 2.24) is 24.6 Å². The number of aromatic nitrogens is 3. The lowest BCUT2D eigenvalue weighted by atomic mass is 10.0. The fraction of sp³-hybridized carbons (Fsp3) is 0.333.